The molecular weight excluding hydrogens is 453 g/mol. The summed E-state index contributed by atoms with van der Waals surface area (Å²) >= 11 is 6.12. The van der Waals surface area contributed by atoms with E-state index >= 15 is 0 Å². The molecule has 12 heteroatoms. The number of aliphatic carboxylic acids is 1. The molecule has 1 aromatic carbocycles. The third-order valence-corrected chi connectivity index (χ3v) is 5.28. The molecule has 0 spiro atoms. The van der Waals surface area contributed by atoms with Crippen LogP contribution in [0.1, 0.15) is 12.5 Å². The maximum atomic E-state index is 12.6. The van der Waals surface area contributed by atoms with Crippen molar-refractivity contribution in [2.45, 2.75) is 25.7 Å². The van der Waals surface area contributed by atoms with E-state index in [4.69, 9.17) is 16.7 Å². The summed E-state index contributed by atoms with van der Waals surface area (Å²) in [5.74, 6) is -0.896. The van der Waals surface area contributed by atoms with Crippen LogP contribution in [0.25, 0.3) is 0 Å². The Morgan fingerprint density at radius 1 is 1.28 bits per heavy atom. The third kappa shape index (κ3) is 8.36. The summed E-state index contributed by atoms with van der Waals surface area (Å²) in [6, 6.07) is 5.45. The average Bonchev–Trinajstić information content (AvgIpc) is 2.69. The summed E-state index contributed by atoms with van der Waals surface area (Å²) in [5.41, 5.74) is 1.79. The summed E-state index contributed by atoms with van der Waals surface area (Å²) in [7, 11) is 1.72. The highest BCUT2D eigenvalue weighted by Gasteiger charge is 2.40. The molecule has 1 unspecified atom stereocenters. The van der Waals surface area contributed by atoms with Gasteiger partial charge in [-0.15, -0.1) is 0 Å². The van der Waals surface area contributed by atoms with Gasteiger partial charge in [0.15, 0.2) is 6.10 Å². The summed E-state index contributed by atoms with van der Waals surface area (Å²) in [4.78, 5) is 27.8. The maximum Gasteiger partial charge on any atom is 0.425 e. The fraction of sp³-hybridized carbons (Fsp3) is 0.600. The lowest BCUT2D eigenvalue weighted by molar-refractivity contribution is -0.200. The van der Waals surface area contributed by atoms with Crippen LogP contribution in [0.4, 0.5) is 23.7 Å². The summed E-state index contributed by atoms with van der Waals surface area (Å²) in [6.07, 6.45) is -7.70. The number of carbonyl (C=O) groups excluding carboxylic acids is 1. The van der Waals surface area contributed by atoms with Crippen molar-refractivity contribution in [3.63, 3.8) is 0 Å². The first-order valence-corrected chi connectivity index (χ1v) is 10.5. The molecule has 1 amide bonds. The van der Waals surface area contributed by atoms with Gasteiger partial charge in [0.05, 0.1) is 6.54 Å². The van der Waals surface area contributed by atoms with Crippen LogP contribution >= 0.6 is 11.6 Å². The van der Waals surface area contributed by atoms with Crippen LogP contribution in [0.2, 0.25) is 5.02 Å². The van der Waals surface area contributed by atoms with E-state index in [-0.39, 0.29) is 19.6 Å². The van der Waals surface area contributed by atoms with E-state index in [1.807, 2.05) is 6.07 Å². The summed E-state index contributed by atoms with van der Waals surface area (Å²) in [5, 5.41) is 12.7. The van der Waals surface area contributed by atoms with Gasteiger partial charge in [-0.2, -0.15) is 13.2 Å². The monoisotopic (exact) mass is 480 g/mol. The van der Waals surface area contributed by atoms with Crippen LogP contribution in [-0.4, -0.2) is 97.0 Å². The molecule has 1 atom stereocenters. The number of anilines is 1. The van der Waals surface area contributed by atoms with Crippen molar-refractivity contribution in [3.8, 4) is 0 Å². The van der Waals surface area contributed by atoms with Gasteiger partial charge in [0, 0.05) is 56.5 Å². The van der Waals surface area contributed by atoms with Crippen LogP contribution < -0.4 is 5.32 Å². The summed E-state index contributed by atoms with van der Waals surface area (Å²) in [6.45, 7) is 3.86. The van der Waals surface area contributed by atoms with Crippen molar-refractivity contribution in [1.82, 2.24) is 14.7 Å². The SMILES string of the molecule is CC(OC(=O)N1CCN(Cc2ccc(Cl)cc2NCCN(C)CC(=O)O)CC1)C(F)(F)F. The minimum absolute atomic E-state index is 0.0570. The Balaban J connectivity index is 1.87. The topological polar surface area (TPSA) is 85.4 Å². The number of nitrogens with one attached hydrogen (secondary N) is 1. The second-order valence-corrected chi connectivity index (χ2v) is 8.13. The van der Waals surface area contributed by atoms with E-state index in [1.54, 1.807) is 24.1 Å². The van der Waals surface area contributed by atoms with Gasteiger partial charge >= 0.3 is 18.2 Å². The second-order valence-electron chi connectivity index (χ2n) is 7.69. The fourth-order valence-electron chi connectivity index (χ4n) is 3.16. The molecule has 1 aromatic rings. The van der Waals surface area contributed by atoms with Crippen molar-refractivity contribution in [1.29, 1.82) is 0 Å². The molecule has 1 fully saturated rings. The first-order valence-electron chi connectivity index (χ1n) is 10.1. The largest absolute Gasteiger partial charge is 0.480 e. The number of amides is 1. The standard InChI is InChI=1S/C20H28ClF3N4O4/c1-14(20(22,23)24)32-19(31)28-9-7-27(8-10-28)12-15-3-4-16(21)11-17(15)25-5-6-26(2)13-18(29)30/h3-4,11,14,25H,5-10,12-13H2,1-2H3,(H,29,30). The maximum absolute atomic E-state index is 12.6. The van der Waals surface area contributed by atoms with Gasteiger partial charge < -0.3 is 20.1 Å². The van der Waals surface area contributed by atoms with Crippen LogP contribution in [0.15, 0.2) is 18.2 Å². The predicted octanol–water partition coefficient (Wildman–Crippen LogP) is 2.97. The van der Waals surface area contributed by atoms with Gasteiger partial charge in [0.25, 0.3) is 0 Å². The lowest BCUT2D eigenvalue weighted by atomic mass is 10.1. The predicted molar refractivity (Wildman–Crippen MR) is 114 cm³/mol. The lowest BCUT2D eigenvalue weighted by Gasteiger charge is -2.35. The molecule has 1 aliphatic heterocycles. The van der Waals surface area contributed by atoms with Crippen molar-refractivity contribution in [3.05, 3.63) is 28.8 Å². The number of benzene rings is 1. The molecular formula is C20H28ClF3N4O4. The molecule has 0 aliphatic carbocycles. The number of carboxylic acid groups (broad SMARTS) is 1. The number of carboxylic acids is 1. The normalized spacial score (nSPS) is 16.2. The number of halogens is 4. The van der Waals surface area contributed by atoms with E-state index < -0.39 is 24.3 Å². The van der Waals surface area contributed by atoms with Gasteiger partial charge in [0.1, 0.15) is 0 Å². The zero-order chi connectivity index (χ0) is 23.9. The number of hydrogen-bond donors (Lipinski definition) is 2. The molecule has 1 heterocycles. The molecule has 2 N–H and O–H groups in total. The zero-order valence-corrected chi connectivity index (χ0v) is 18.7. The number of carbonyl (C=O) groups is 2. The molecule has 180 valence electrons. The Morgan fingerprint density at radius 2 is 1.94 bits per heavy atom. The van der Waals surface area contributed by atoms with Crippen molar-refractivity contribution in [2.24, 2.45) is 0 Å². The Bertz CT molecular complexity index is 789. The molecule has 0 aromatic heterocycles. The van der Waals surface area contributed by atoms with Crippen molar-refractivity contribution >= 4 is 29.4 Å². The fourth-order valence-corrected chi connectivity index (χ4v) is 3.34. The number of piperazine rings is 1. The van der Waals surface area contributed by atoms with Crippen LogP contribution in [0.5, 0.6) is 0 Å². The van der Waals surface area contributed by atoms with Crippen LogP contribution in [0.3, 0.4) is 0 Å². The van der Waals surface area contributed by atoms with E-state index in [0.717, 1.165) is 18.2 Å². The van der Waals surface area contributed by atoms with Gasteiger partial charge in [-0.05, 0) is 31.7 Å². The Kier molecular flexibility index (Phi) is 9.41. The Morgan fingerprint density at radius 3 is 2.53 bits per heavy atom. The lowest BCUT2D eigenvalue weighted by Crippen LogP contribution is -2.49. The van der Waals surface area contributed by atoms with Gasteiger partial charge in [-0.3, -0.25) is 14.6 Å². The molecule has 2 rings (SSSR count). The van der Waals surface area contributed by atoms with Crippen molar-refractivity contribution in [2.75, 3.05) is 58.2 Å². The van der Waals surface area contributed by atoms with E-state index in [9.17, 15) is 22.8 Å². The van der Waals surface area contributed by atoms with Gasteiger partial charge in [-0.1, -0.05) is 17.7 Å². The molecule has 0 saturated carbocycles. The van der Waals surface area contributed by atoms with Crippen LogP contribution in [0, 0.1) is 0 Å². The number of alkyl halides is 3. The Hall–Kier alpha value is -2.24. The van der Waals surface area contributed by atoms with Crippen LogP contribution in [-0.2, 0) is 16.1 Å². The first-order chi connectivity index (χ1) is 15.0. The number of rotatable bonds is 9. The minimum atomic E-state index is -4.59. The molecule has 1 saturated heterocycles. The Labute approximate surface area is 189 Å². The van der Waals surface area contributed by atoms with Gasteiger partial charge in [-0.25, -0.2) is 4.79 Å². The average molecular weight is 481 g/mol. The first kappa shape index (κ1) is 26.0. The highest BCUT2D eigenvalue weighted by atomic mass is 35.5. The highest BCUT2D eigenvalue weighted by Crippen LogP contribution is 2.25. The number of ether oxygens (including phenoxy) is 1. The number of hydrogen-bond acceptors (Lipinski definition) is 6. The third-order valence-electron chi connectivity index (χ3n) is 5.05. The van der Waals surface area contributed by atoms with Gasteiger partial charge in [0.2, 0.25) is 0 Å². The quantitative estimate of drug-likeness (QED) is 0.562. The number of nitrogens with zero attached hydrogens (tertiary/aromatic N) is 3. The molecule has 1 aliphatic rings. The molecule has 0 radical (unpaired) electrons. The van der Waals surface area contributed by atoms with E-state index in [0.29, 0.717) is 37.7 Å². The van der Waals surface area contributed by atoms with E-state index in [1.165, 1.54) is 4.90 Å². The summed E-state index contributed by atoms with van der Waals surface area (Å²) < 4.78 is 42.3. The molecule has 32 heavy (non-hydrogen) atoms. The smallest absolute Gasteiger partial charge is 0.425 e. The van der Waals surface area contributed by atoms with E-state index in [2.05, 4.69) is 15.0 Å². The number of likely N-dealkylation sites (N-methyl/N-ethyl adjacent to an activating group) is 1. The zero-order valence-electron chi connectivity index (χ0n) is 18.0. The highest BCUT2D eigenvalue weighted by molar-refractivity contribution is 6.30. The second kappa shape index (κ2) is 11.6. The van der Waals surface area contributed by atoms with Crippen molar-refractivity contribution < 1.29 is 32.6 Å². The molecule has 0 bridgehead atoms. The minimum Gasteiger partial charge on any atom is -0.480 e. The molecule has 8 nitrogen and oxygen atoms in total.